The number of hydrogen-bond donors (Lipinski definition) is 0. The molecule has 8 nitrogen and oxygen atoms in total. The average molecular weight is 416 g/mol. The predicted molar refractivity (Wildman–Crippen MR) is 106 cm³/mol. The minimum Gasteiger partial charge on any atom is -0.354 e. The lowest BCUT2D eigenvalue weighted by Gasteiger charge is -2.35. The van der Waals surface area contributed by atoms with Crippen LogP contribution in [0.25, 0.3) is 5.82 Å². The third kappa shape index (κ3) is 3.85. The summed E-state index contributed by atoms with van der Waals surface area (Å²) < 4.78 is 42.5. The number of nitrogens with zero attached hydrogens (tertiary/aromatic N) is 6. The van der Waals surface area contributed by atoms with Crippen LogP contribution in [0.15, 0.2) is 47.9 Å². The summed E-state index contributed by atoms with van der Waals surface area (Å²) in [4.78, 5) is 15.2. The van der Waals surface area contributed by atoms with E-state index in [1.54, 1.807) is 30.2 Å². The van der Waals surface area contributed by atoms with Crippen LogP contribution < -0.4 is 4.90 Å². The fourth-order valence-corrected chi connectivity index (χ4v) is 5.05. The van der Waals surface area contributed by atoms with Crippen molar-refractivity contribution in [3.63, 3.8) is 0 Å². The number of benzene rings is 1. The van der Waals surface area contributed by atoms with Gasteiger partial charge in [0, 0.05) is 44.6 Å². The van der Waals surface area contributed by atoms with E-state index in [-0.39, 0.29) is 4.90 Å². The maximum atomic E-state index is 13.4. The van der Waals surface area contributed by atoms with E-state index in [0.717, 1.165) is 5.82 Å². The third-order valence-corrected chi connectivity index (χ3v) is 6.96. The Labute approximate surface area is 168 Å². The topological polar surface area (TPSA) is 84.2 Å². The number of imidazole rings is 1. The third-order valence-electron chi connectivity index (χ3n) is 4.90. The van der Waals surface area contributed by atoms with Gasteiger partial charge in [0.15, 0.2) is 0 Å². The number of anilines is 1. The molecule has 3 aromatic rings. The normalized spacial score (nSPS) is 15.6. The van der Waals surface area contributed by atoms with Gasteiger partial charge in [-0.3, -0.25) is 4.57 Å². The highest BCUT2D eigenvalue weighted by Gasteiger charge is 2.30. The monoisotopic (exact) mass is 416 g/mol. The zero-order valence-electron chi connectivity index (χ0n) is 16.2. The first-order chi connectivity index (χ1) is 13.8. The van der Waals surface area contributed by atoms with Gasteiger partial charge in [0.2, 0.25) is 10.0 Å². The van der Waals surface area contributed by atoms with Gasteiger partial charge in [-0.25, -0.2) is 27.8 Å². The Morgan fingerprint density at radius 3 is 2.38 bits per heavy atom. The molecule has 0 aliphatic carbocycles. The average Bonchev–Trinajstić information content (AvgIpc) is 3.22. The van der Waals surface area contributed by atoms with Crippen molar-refractivity contribution < 1.29 is 12.8 Å². The molecule has 0 unspecified atom stereocenters. The number of rotatable bonds is 4. The summed E-state index contributed by atoms with van der Waals surface area (Å²) in [7, 11) is -3.67. The minimum absolute atomic E-state index is 0.146. The highest BCUT2D eigenvalue weighted by atomic mass is 32.2. The standard InChI is InChI=1S/C19H21FN6O2S/c1-14-11-16(20)3-4-17(14)29(27,28)26-9-7-24(8-10-26)18-12-19(23-15(2)22-18)25-6-5-21-13-25/h3-6,11-13H,7-10H2,1-2H3. The molecule has 0 atom stereocenters. The molecule has 152 valence electrons. The van der Waals surface area contributed by atoms with Crippen LogP contribution in [-0.4, -0.2) is 58.4 Å². The van der Waals surface area contributed by atoms with E-state index in [1.165, 1.54) is 22.5 Å². The number of aromatic nitrogens is 4. The van der Waals surface area contributed by atoms with Gasteiger partial charge >= 0.3 is 0 Å². The van der Waals surface area contributed by atoms with Gasteiger partial charge in [-0.15, -0.1) is 0 Å². The number of hydrogen-bond acceptors (Lipinski definition) is 6. The molecule has 0 radical (unpaired) electrons. The first-order valence-electron chi connectivity index (χ1n) is 9.20. The van der Waals surface area contributed by atoms with Crippen LogP contribution in [0.4, 0.5) is 10.2 Å². The van der Waals surface area contributed by atoms with Crippen molar-refractivity contribution in [3.8, 4) is 5.82 Å². The first-order valence-corrected chi connectivity index (χ1v) is 10.6. The lowest BCUT2D eigenvalue weighted by atomic mass is 10.2. The SMILES string of the molecule is Cc1nc(N2CCN(S(=O)(=O)c3ccc(F)cc3C)CC2)cc(-n2ccnc2)n1. The summed E-state index contributed by atoms with van der Waals surface area (Å²) in [6, 6.07) is 5.61. The van der Waals surface area contributed by atoms with Crippen molar-refractivity contribution in [3.05, 3.63) is 60.2 Å². The van der Waals surface area contributed by atoms with Crippen molar-refractivity contribution in [2.75, 3.05) is 31.1 Å². The van der Waals surface area contributed by atoms with E-state index < -0.39 is 15.8 Å². The molecular formula is C19H21FN6O2S. The van der Waals surface area contributed by atoms with E-state index >= 15 is 0 Å². The quantitative estimate of drug-likeness (QED) is 0.646. The Balaban J connectivity index is 1.53. The summed E-state index contributed by atoms with van der Waals surface area (Å²) in [5.41, 5.74) is 0.406. The summed E-state index contributed by atoms with van der Waals surface area (Å²) in [5, 5.41) is 0. The molecule has 1 aliphatic rings. The molecule has 0 spiro atoms. The molecule has 3 heterocycles. The molecule has 1 saturated heterocycles. The molecule has 0 bridgehead atoms. The molecule has 1 aromatic carbocycles. The Hall–Kier alpha value is -2.85. The van der Waals surface area contributed by atoms with E-state index in [9.17, 15) is 12.8 Å². The van der Waals surface area contributed by atoms with Crippen LogP contribution in [0.5, 0.6) is 0 Å². The van der Waals surface area contributed by atoms with Gasteiger partial charge in [0.05, 0.1) is 4.90 Å². The molecule has 10 heteroatoms. The summed E-state index contributed by atoms with van der Waals surface area (Å²) in [6.07, 6.45) is 5.15. The van der Waals surface area contributed by atoms with E-state index in [1.807, 2.05) is 17.9 Å². The molecule has 0 saturated carbocycles. The molecule has 29 heavy (non-hydrogen) atoms. The molecule has 1 fully saturated rings. The van der Waals surface area contributed by atoms with Gasteiger partial charge in [0.1, 0.15) is 29.6 Å². The molecule has 0 N–H and O–H groups in total. The Morgan fingerprint density at radius 1 is 1.00 bits per heavy atom. The zero-order valence-corrected chi connectivity index (χ0v) is 17.0. The molecule has 4 rings (SSSR count). The summed E-state index contributed by atoms with van der Waals surface area (Å²) >= 11 is 0. The number of halogens is 1. The van der Waals surface area contributed by atoms with Crippen molar-refractivity contribution >= 4 is 15.8 Å². The van der Waals surface area contributed by atoms with Crippen molar-refractivity contribution in [2.24, 2.45) is 0 Å². The first kappa shape index (κ1) is 19.5. The van der Waals surface area contributed by atoms with Crippen LogP contribution in [0.2, 0.25) is 0 Å². The predicted octanol–water partition coefficient (Wildman–Crippen LogP) is 1.93. The van der Waals surface area contributed by atoms with E-state index in [0.29, 0.717) is 43.4 Å². The lowest BCUT2D eigenvalue weighted by molar-refractivity contribution is 0.383. The minimum atomic E-state index is -3.67. The van der Waals surface area contributed by atoms with Crippen molar-refractivity contribution in [1.82, 2.24) is 23.8 Å². The van der Waals surface area contributed by atoms with Crippen LogP contribution >= 0.6 is 0 Å². The maximum Gasteiger partial charge on any atom is 0.243 e. The Morgan fingerprint density at radius 2 is 1.72 bits per heavy atom. The fourth-order valence-electron chi connectivity index (χ4n) is 3.42. The molecule has 1 aliphatic heterocycles. The second kappa shape index (κ2) is 7.53. The van der Waals surface area contributed by atoms with Gasteiger partial charge in [-0.2, -0.15) is 4.31 Å². The van der Waals surface area contributed by atoms with Gasteiger partial charge in [-0.1, -0.05) is 0 Å². The molecule has 2 aromatic heterocycles. The Kier molecular flexibility index (Phi) is 5.05. The second-order valence-corrected chi connectivity index (χ2v) is 8.81. The number of aryl methyl sites for hydroxylation is 2. The maximum absolute atomic E-state index is 13.4. The van der Waals surface area contributed by atoms with Gasteiger partial charge in [0.25, 0.3) is 0 Å². The molecular weight excluding hydrogens is 395 g/mol. The fraction of sp³-hybridized carbons (Fsp3) is 0.316. The number of piperazine rings is 1. The smallest absolute Gasteiger partial charge is 0.243 e. The van der Waals surface area contributed by atoms with E-state index in [4.69, 9.17) is 0 Å². The summed E-state index contributed by atoms with van der Waals surface area (Å²) in [5.74, 6) is 1.64. The van der Waals surface area contributed by atoms with Crippen LogP contribution in [-0.2, 0) is 10.0 Å². The second-order valence-electron chi connectivity index (χ2n) is 6.90. The van der Waals surface area contributed by atoms with Crippen molar-refractivity contribution in [1.29, 1.82) is 0 Å². The highest BCUT2D eigenvalue weighted by Crippen LogP contribution is 2.24. The summed E-state index contributed by atoms with van der Waals surface area (Å²) in [6.45, 7) is 5.07. The van der Waals surface area contributed by atoms with Gasteiger partial charge < -0.3 is 4.90 Å². The highest BCUT2D eigenvalue weighted by molar-refractivity contribution is 7.89. The van der Waals surface area contributed by atoms with Crippen LogP contribution in [0.1, 0.15) is 11.4 Å². The number of sulfonamides is 1. The van der Waals surface area contributed by atoms with Gasteiger partial charge in [-0.05, 0) is 37.6 Å². The Bertz CT molecular complexity index is 1130. The largest absolute Gasteiger partial charge is 0.354 e. The molecule has 0 amide bonds. The zero-order chi connectivity index (χ0) is 20.6. The van der Waals surface area contributed by atoms with Crippen LogP contribution in [0.3, 0.4) is 0 Å². The van der Waals surface area contributed by atoms with Crippen molar-refractivity contribution in [2.45, 2.75) is 18.7 Å². The van der Waals surface area contributed by atoms with E-state index in [2.05, 4.69) is 15.0 Å². The lowest BCUT2D eigenvalue weighted by Crippen LogP contribution is -2.49. The van der Waals surface area contributed by atoms with Crippen LogP contribution in [0, 0.1) is 19.7 Å².